The van der Waals surface area contributed by atoms with Gasteiger partial charge in [0.05, 0.1) is 17.4 Å². The predicted molar refractivity (Wildman–Crippen MR) is 131 cm³/mol. The average Bonchev–Trinajstić information content (AvgIpc) is 3.35. The Morgan fingerprint density at radius 2 is 1.42 bits per heavy atom. The number of hydrogen-bond acceptors (Lipinski definition) is 4. The number of carbonyl (C=O) groups is 2. The van der Waals surface area contributed by atoms with Gasteiger partial charge >= 0.3 is 0 Å². The lowest BCUT2D eigenvalue weighted by Gasteiger charge is -2.29. The lowest BCUT2D eigenvalue weighted by molar-refractivity contribution is -0.126. The molecule has 4 aromatic carbocycles. The Morgan fingerprint density at radius 1 is 0.727 bits per heavy atom. The fourth-order valence-electron chi connectivity index (χ4n) is 4.91. The highest BCUT2D eigenvalue weighted by Crippen LogP contribution is 2.49. The first-order valence-corrected chi connectivity index (χ1v) is 11.5. The number of fused-ring (bicyclic) bond motifs is 2. The van der Waals surface area contributed by atoms with Gasteiger partial charge in [0.15, 0.2) is 6.10 Å². The van der Waals surface area contributed by atoms with E-state index in [-0.39, 0.29) is 11.8 Å². The number of imide groups is 1. The third-order valence-corrected chi connectivity index (χ3v) is 6.83. The largest absolute Gasteiger partial charge is 0.273 e. The highest BCUT2D eigenvalue weighted by molar-refractivity contribution is 9.10. The van der Waals surface area contributed by atoms with Crippen LogP contribution in [0.5, 0.6) is 0 Å². The van der Waals surface area contributed by atoms with Gasteiger partial charge in [-0.1, -0.05) is 82.7 Å². The van der Waals surface area contributed by atoms with E-state index in [1.165, 1.54) is 4.90 Å². The van der Waals surface area contributed by atoms with Crippen LogP contribution in [0.2, 0.25) is 0 Å². The number of hydrogen-bond donors (Lipinski definition) is 0. The number of para-hydroxylation sites is 1. The molecule has 0 aliphatic carbocycles. The number of carbonyl (C=O) groups excluding carboxylic acids is 2. The zero-order valence-corrected chi connectivity index (χ0v) is 19.1. The maximum absolute atomic E-state index is 13.8. The summed E-state index contributed by atoms with van der Waals surface area (Å²) in [6, 6.07) is 30.5. The van der Waals surface area contributed by atoms with E-state index >= 15 is 0 Å². The lowest BCUT2D eigenvalue weighted by atomic mass is 9.87. The molecule has 33 heavy (non-hydrogen) atoms. The molecule has 0 bridgehead atoms. The van der Waals surface area contributed by atoms with Gasteiger partial charge in [0.25, 0.3) is 5.91 Å². The smallest absolute Gasteiger partial charge is 0.266 e. The van der Waals surface area contributed by atoms with Crippen molar-refractivity contribution < 1.29 is 14.4 Å². The molecule has 0 unspecified atom stereocenters. The van der Waals surface area contributed by atoms with Crippen LogP contribution in [0.25, 0.3) is 10.8 Å². The number of nitrogens with zero attached hydrogens (tertiary/aromatic N) is 2. The summed E-state index contributed by atoms with van der Waals surface area (Å²) in [7, 11) is 0. The topological polar surface area (TPSA) is 49.9 Å². The zero-order valence-electron chi connectivity index (χ0n) is 17.5. The van der Waals surface area contributed by atoms with Gasteiger partial charge in [-0.25, -0.2) is 9.96 Å². The van der Waals surface area contributed by atoms with Gasteiger partial charge in [0, 0.05) is 4.47 Å². The van der Waals surface area contributed by atoms with Gasteiger partial charge in [-0.15, -0.1) is 0 Å². The number of rotatable bonds is 3. The SMILES string of the molecule is O=C1[C@H]2[C@@H](ON(c3ccccc3)[C@H]2c2cccc3ccccc23)C(=O)N1c1cccc(Br)c1. The van der Waals surface area contributed by atoms with Crippen molar-refractivity contribution in [3.05, 3.63) is 107 Å². The van der Waals surface area contributed by atoms with Gasteiger partial charge in [0.2, 0.25) is 5.91 Å². The molecule has 2 aliphatic heterocycles. The van der Waals surface area contributed by atoms with Crippen LogP contribution in [0.1, 0.15) is 11.6 Å². The minimum Gasteiger partial charge on any atom is -0.273 e. The second-order valence-electron chi connectivity index (χ2n) is 8.22. The van der Waals surface area contributed by atoms with E-state index in [4.69, 9.17) is 4.84 Å². The second-order valence-corrected chi connectivity index (χ2v) is 9.13. The number of anilines is 2. The summed E-state index contributed by atoms with van der Waals surface area (Å²) in [6.45, 7) is 0. The Balaban J connectivity index is 1.51. The summed E-state index contributed by atoms with van der Waals surface area (Å²) in [5.41, 5.74) is 2.31. The van der Waals surface area contributed by atoms with E-state index in [0.717, 1.165) is 26.5 Å². The third-order valence-electron chi connectivity index (χ3n) is 6.33. The van der Waals surface area contributed by atoms with E-state index in [0.29, 0.717) is 5.69 Å². The standard InChI is InChI=1S/C27H19BrN2O3/c28-18-10-7-13-20(16-18)29-26(31)23-24(22-15-6-9-17-8-4-5-14-21(17)22)30(33-25(23)27(29)32)19-11-2-1-3-12-19/h1-16,23-25H/t23-,24+,25-/m1/s1. The summed E-state index contributed by atoms with van der Waals surface area (Å²) < 4.78 is 0.801. The van der Waals surface area contributed by atoms with Crippen molar-refractivity contribution in [2.75, 3.05) is 9.96 Å². The Kier molecular flexibility index (Phi) is 4.78. The monoisotopic (exact) mass is 498 g/mol. The van der Waals surface area contributed by atoms with Gasteiger partial charge in [-0.2, -0.15) is 0 Å². The molecule has 4 aromatic rings. The lowest BCUT2D eigenvalue weighted by Crippen LogP contribution is -2.37. The Morgan fingerprint density at radius 3 is 2.24 bits per heavy atom. The molecule has 2 fully saturated rings. The summed E-state index contributed by atoms with van der Waals surface area (Å²) in [4.78, 5) is 34.8. The van der Waals surface area contributed by atoms with Crippen molar-refractivity contribution in [3.63, 3.8) is 0 Å². The average molecular weight is 499 g/mol. The van der Waals surface area contributed by atoms with Crippen molar-refractivity contribution >= 4 is 49.9 Å². The van der Waals surface area contributed by atoms with Crippen molar-refractivity contribution in [1.82, 2.24) is 0 Å². The molecular formula is C27H19BrN2O3. The minimum atomic E-state index is -0.888. The highest BCUT2D eigenvalue weighted by Gasteiger charge is 2.60. The van der Waals surface area contributed by atoms with Gasteiger partial charge in [-0.05, 0) is 46.7 Å². The molecule has 0 aromatic heterocycles. The Bertz CT molecular complexity index is 1390. The molecule has 0 N–H and O–H groups in total. The molecule has 162 valence electrons. The normalized spacial score (nSPS) is 22.3. The number of amides is 2. The number of halogens is 1. The first-order chi connectivity index (χ1) is 16.1. The van der Waals surface area contributed by atoms with E-state index in [1.807, 2.05) is 66.7 Å². The summed E-state index contributed by atoms with van der Waals surface area (Å²) in [6.07, 6.45) is -0.888. The first-order valence-electron chi connectivity index (χ1n) is 10.8. The van der Waals surface area contributed by atoms with Crippen LogP contribution in [0.3, 0.4) is 0 Å². The summed E-state index contributed by atoms with van der Waals surface area (Å²) >= 11 is 3.44. The van der Waals surface area contributed by atoms with Crippen LogP contribution >= 0.6 is 15.9 Å². The van der Waals surface area contributed by atoms with Crippen molar-refractivity contribution in [2.24, 2.45) is 5.92 Å². The number of hydroxylamine groups is 1. The van der Waals surface area contributed by atoms with Crippen molar-refractivity contribution in [3.8, 4) is 0 Å². The van der Waals surface area contributed by atoms with Crippen LogP contribution < -0.4 is 9.96 Å². The van der Waals surface area contributed by atoms with E-state index in [2.05, 4.69) is 34.1 Å². The maximum Gasteiger partial charge on any atom is 0.266 e. The zero-order chi connectivity index (χ0) is 22.5. The van der Waals surface area contributed by atoms with E-state index < -0.39 is 18.1 Å². The molecule has 0 spiro atoms. The van der Waals surface area contributed by atoms with Crippen LogP contribution in [-0.2, 0) is 14.4 Å². The molecule has 2 heterocycles. The van der Waals surface area contributed by atoms with Crippen LogP contribution in [-0.4, -0.2) is 17.9 Å². The van der Waals surface area contributed by atoms with Gasteiger partial charge in [0.1, 0.15) is 5.92 Å². The summed E-state index contributed by atoms with van der Waals surface area (Å²) in [5.74, 6) is -1.26. The fraction of sp³-hybridized carbons (Fsp3) is 0.111. The van der Waals surface area contributed by atoms with Crippen molar-refractivity contribution in [1.29, 1.82) is 0 Å². The molecule has 0 radical (unpaired) electrons. The molecular weight excluding hydrogens is 480 g/mol. The molecule has 2 saturated heterocycles. The summed E-state index contributed by atoms with van der Waals surface area (Å²) in [5, 5.41) is 3.86. The van der Waals surface area contributed by atoms with Crippen molar-refractivity contribution in [2.45, 2.75) is 12.1 Å². The maximum atomic E-state index is 13.8. The molecule has 6 rings (SSSR count). The molecule has 0 saturated carbocycles. The quantitative estimate of drug-likeness (QED) is 0.342. The van der Waals surface area contributed by atoms with Gasteiger partial charge < -0.3 is 0 Å². The highest BCUT2D eigenvalue weighted by atomic mass is 79.9. The molecule has 2 amide bonds. The first kappa shape index (κ1) is 20.1. The Labute approximate surface area is 199 Å². The Hall–Kier alpha value is -3.48. The van der Waals surface area contributed by atoms with Gasteiger partial charge in [-0.3, -0.25) is 14.4 Å². The minimum absolute atomic E-state index is 0.250. The number of benzene rings is 4. The molecule has 5 nitrogen and oxygen atoms in total. The van der Waals surface area contributed by atoms with E-state index in [1.54, 1.807) is 17.2 Å². The molecule has 3 atom stereocenters. The van der Waals surface area contributed by atoms with E-state index in [9.17, 15) is 9.59 Å². The van der Waals surface area contributed by atoms with Crippen LogP contribution in [0.4, 0.5) is 11.4 Å². The predicted octanol–water partition coefficient (Wildman–Crippen LogP) is 5.65. The third kappa shape index (κ3) is 3.17. The molecule has 2 aliphatic rings. The van der Waals surface area contributed by atoms with Crippen LogP contribution in [0.15, 0.2) is 102 Å². The second kappa shape index (κ2) is 7.83. The van der Waals surface area contributed by atoms with Crippen LogP contribution in [0, 0.1) is 5.92 Å². The molecule has 6 heteroatoms. The fourth-order valence-corrected chi connectivity index (χ4v) is 5.29.